The summed E-state index contributed by atoms with van der Waals surface area (Å²) in [5, 5.41) is 7.28. The highest BCUT2D eigenvalue weighted by Gasteiger charge is 2.38. The minimum absolute atomic E-state index is 0.0869. The zero-order valence-electron chi connectivity index (χ0n) is 35.3. The zero-order valence-corrected chi connectivity index (χ0v) is 35.3. The van der Waals surface area contributed by atoms with Gasteiger partial charge in [-0.05, 0) is 129 Å². The number of rotatable bonds is 5. The first-order chi connectivity index (χ1) is 30.2. The normalized spacial score (nSPS) is 14.6. The number of aromatic nitrogens is 4. The molecule has 5 nitrogen and oxygen atoms in total. The summed E-state index contributed by atoms with van der Waals surface area (Å²) in [4.78, 5) is 15.4. The van der Waals surface area contributed by atoms with Gasteiger partial charge in [0.15, 0.2) is 17.5 Å². The third-order valence-corrected chi connectivity index (χ3v) is 13.5. The molecule has 3 heterocycles. The molecule has 0 amide bonds. The summed E-state index contributed by atoms with van der Waals surface area (Å²) in [6.07, 6.45) is 2.34. The van der Waals surface area contributed by atoms with E-state index < -0.39 is 0 Å². The molecule has 5 heteroatoms. The Morgan fingerprint density at radius 1 is 0.403 bits per heavy atom. The molecule has 3 aromatic heterocycles. The molecule has 0 unspecified atom stereocenters. The summed E-state index contributed by atoms with van der Waals surface area (Å²) in [7, 11) is 0. The summed E-state index contributed by atoms with van der Waals surface area (Å²) in [6.45, 7) is 9.65. The average molecular weight is 801 g/mol. The molecule has 1 aliphatic carbocycles. The van der Waals surface area contributed by atoms with Crippen LogP contribution in [0.15, 0.2) is 174 Å². The Bertz CT molecular complexity index is 3570. The van der Waals surface area contributed by atoms with Crippen LogP contribution in [0.1, 0.15) is 51.7 Å². The molecule has 298 valence electrons. The van der Waals surface area contributed by atoms with Crippen LogP contribution in [0.3, 0.4) is 0 Å². The van der Waals surface area contributed by atoms with Gasteiger partial charge >= 0.3 is 0 Å². The van der Waals surface area contributed by atoms with Crippen molar-refractivity contribution in [1.29, 1.82) is 0 Å². The van der Waals surface area contributed by atoms with E-state index in [4.69, 9.17) is 19.4 Å². The second-order valence-electron chi connectivity index (χ2n) is 18.3. The molecule has 0 fully saturated rings. The fourth-order valence-electron chi connectivity index (χ4n) is 9.89. The van der Waals surface area contributed by atoms with Gasteiger partial charge in [0.25, 0.3) is 0 Å². The predicted molar refractivity (Wildman–Crippen MR) is 256 cm³/mol. The van der Waals surface area contributed by atoms with E-state index in [9.17, 15) is 0 Å². The van der Waals surface area contributed by atoms with Gasteiger partial charge < -0.3 is 8.98 Å². The molecule has 62 heavy (non-hydrogen) atoms. The number of nitrogens with zero attached hydrogens (tertiary/aromatic N) is 4. The largest absolute Gasteiger partial charge is 0.456 e. The molecule has 0 spiro atoms. The number of fused-ring (bicyclic) bond motifs is 8. The summed E-state index contributed by atoms with van der Waals surface area (Å²) in [5.41, 5.74) is 13.4. The van der Waals surface area contributed by atoms with Gasteiger partial charge in [0.2, 0.25) is 0 Å². The molecule has 0 aliphatic heterocycles. The van der Waals surface area contributed by atoms with E-state index in [1.165, 1.54) is 56.5 Å². The summed E-state index contributed by atoms with van der Waals surface area (Å²) < 4.78 is 8.59. The van der Waals surface area contributed by atoms with E-state index in [1.54, 1.807) is 0 Å². The summed E-state index contributed by atoms with van der Waals surface area (Å²) in [6, 6.07) is 60.5. The molecule has 0 saturated heterocycles. The smallest absolute Gasteiger partial charge is 0.164 e. The quantitative estimate of drug-likeness (QED) is 0.174. The van der Waals surface area contributed by atoms with E-state index in [0.717, 1.165) is 55.4 Å². The Morgan fingerprint density at radius 2 is 0.935 bits per heavy atom. The van der Waals surface area contributed by atoms with Crippen molar-refractivity contribution in [2.45, 2.75) is 51.4 Å². The SMILES string of the molecule is CC1(C)CCC(C)(C)c2cc3c(cc21)c1cc2ccccc2cc1n3-c1ccc(-c2nc(-c3ccccc3)nc(-c3cccc(-c4ccc5oc6ccccc6c5c4)c3)n2)cc1. The number of benzene rings is 8. The van der Waals surface area contributed by atoms with Crippen molar-refractivity contribution in [3.05, 3.63) is 181 Å². The molecular formula is C57H44N4O. The number of para-hydroxylation sites is 1. The lowest BCUT2D eigenvalue weighted by atomic mass is 9.63. The fraction of sp³-hybridized carbons (Fsp3) is 0.140. The van der Waals surface area contributed by atoms with Crippen molar-refractivity contribution in [1.82, 2.24) is 19.5 Å². The number of furan rings is 1. The Kier molecular flexibility index (Phi) is 7.98. The van der Waals surface area contributed by atoms with Crippen molar-refractivity contribution < 1.29 is 4.42 Å². The minimum Gasteiger partial charge on any atom is -0.456 e. The molecule has 8 aromatic carbocycles. The third kappa shape index (κ3) is 5.87. The zero-order chi connectivity index (χ0) is 41.7. The highest BCUT2D eigenvalue weighted by molar-refractivity contribution is 6.14. The molecule has 0 saturated carbocycles. The van der Waals surface area contributed by atoms with E-state index in [1.807, 2.05) is 30.3 Å². The first-order valence-corrected chi connectivity index (χ1v) is 21.6. The van der Waals surface area contributed by atoms with Gasteiger partial charge in [0.05, 0.1) is 11.0 Å². The highest BCUT2D eigenvalue weighted by Crippen LogP contribution is 2.49. The van der Waals surface area contributed by atoms with Gasteiger partial charge in [-0.1, -0.05) is 125 Å². The molecule has 1 aliphatic rings. The highest BCUT2D eigenvalue weighted by atomic mass is 16.3. The Labute approximate surface area is 360 Å². The second-order valence-corrected chi connectivity index (χ2v) is 18.3. The average Bonchev–Trinajstić information content (AvgIpc) is 3.84. The summed E-state index contributed by atoms with van der Waals surface area (Å²) >= 11 is 0. The Morgan fingerprint density at radius 3 is 1.69 bits per heavy atom. The first-order valence-electron chi connectivity index (χ1n) is 21.6. The van der Waals surface area contributed by atoms with Crippen LogP contribution in [0, 0.1) is 0 Å². The van der Waals surface area contributed by atoms with Crippen molar-refractivity contribution in [3.63, 3.8) is 0 Å². The lowest BCUT2D eigenvalue weighted by Crippen LogP contribution is -2.33. The van der Waals surface area contributed by atoms with Crippen molar-refractivity contribution in [3.8, 4) is 51.0 Å². The van der Waals surface area contributed by atoms with E-state index in [0.29, 0.717) is 17.5 Å². The summed E-state index contributed by atoms with van der Waals surface area (Å²) in [5.74, 6) is 1.89. The van der Waals surface area contributed by atoms with Crippen molar-refractivity contribution >= 4 is 54.5 Å². The Balaban J connectivity index is 0.993. The number of hydrogen-bond donors (Lipinski definition) is 0. The van der Waals surface area contributed by atoms with Gasteiger partial charge in [-0.3, -0.25) is 0 Å². The van der Waals surface area contributed by atoms with Crippen LogP contribution < -0.4 is 0 Å². The van der Waals surface area contributed by atoms with Crippen LogP contribution in [-0.4, -0.2) is 19.5 Å². The maximum absolute atomic E-state index is 6.13. The van der Waals surface area contributed by atoms with Crippen LogP contribution in [-0.2, 0) is 10.8 Å². The standard InChI is InChI=1S/C57H44N4O/c1-56(2)27-28-57(3,4)48-34-50-45(33-47(48)56)44-30-38-15-8-9-16-39(38)32-49(44)61(50)42-24-21-36(22-25-42)54-58-53(35-13-6-5-7-14-35)59-55(60-54)41-18-12-17-37(29-41)40-23-26-52-46(31-40)43-19-10-11-20-51(43)62-52/h5-26,29-34H,27-28H2,1-4H3. The molecular weight excluding hydrogens is 757 g/mol. The second kappa shape index (κ2) is 13.6. The maximum Gasteiger partial charge on any atom is 0.164 e. The lowest BCUT2D eigenvalue weighted by molar-refractivity contribution is 0.332. The van der Waals surface area contributed by atoms with Crippen molar-refractivity contribution in [2.24, 2.45) is 0 Å². The van der Waals surface area contributed by atoms with Crippen LogP contribution >= 0.6 is 0 Å². The lowest BCUT2D eigenvalue weighted by Gasteiger charge is -2.42. The Hall–Kier alpha value is -7.37. The van der Waals surface area contributed by atoms with Crippen LogP contribution in [0.2, 0.25) is 0 Å². The van der Waals surface area contributed by atoms with Crippen LogP contribution in [0.25, 0.3) is 105 Å². The predicted octanol–water partition coefficient (Wildman–Crippen LogP) is 15.0. The monoisotopic (exact) mass is 800 g/mol. The molecule has 0 bridgehead atoms. The molecule has 0 N–H and O–H groups in total. The van der Waals surface area contributed by atoms with E-state index >= 15 is 0 Å². The third-order valence-electron chi connectivity index (χ3n) is 13.5. The van der Waals surface area contributed by atoms with Crippen LogP contribution in [0.5, 0.6) is 0 Å². The number of hydrogen-bond acceptors (Lipinski definition) is 4. The molecule has 12 rings (SSSR count). The van der Waals surface area contributed by atoms with Gasteiger partial charge in [-0.25, -0.2) is 15.0 Å². The first kappa shape index (κ1) is 36.5. The van der Waals surface area contributed by atoms with Gasteiger partial charge in [-0.15, -0.1) is 0 Å². The molecule has 0 atom stereocenters. The van der Waals surface area contributed by atoms with Gasteiger partial charge in [-0.2, -0.15) is 0 Å². The molecule has 11 aromatic rings. The van der Waals surface area contributed by atoms with Crippen molar-refractivity contribution in [2.75, 3.05) is 0 Å². The van der Waals surface area contributed by atoms with Gasteiger partial charge in [0, 0.05) is 43.9 Å². The molecule has 0 radical (unpaired) electrons. The van der Waals surface area contributed by atoms with E-state index in [-0.39, 0.29) is 10.8 Å². The topological polar surface area (TPSA) is 56.7 Å². The minimum atomic E-state index is 0.0869. The van der Waals surface area contributed by atoms with Gasteiger partial charge in [0.1, 0.15) is 11.2 Å². The van der Waals surface area contributed by atoms with Crippen LogP contribution in [0.4, 0.5) is 0 Å². The van der Waals surface area contributed by atoms with E-state index in [2.05, 4.69) is 172 Å². The fourth-order valence-corrected chi connectivity index (χ4v) is 9.89. The maximum atomic E-state index is 6.13.